The van der Waals surface area contributed by atoms with Crippen LogP contribution in [0.1, 0.15) is 11.1 Å². The molecule has 0 spiro atoms. The first kappa shape index (κ1) is 20.2. The summed E-state index contributed by atoms with van der Waals surface area (Å²) in [5, 5.41) is 0. The second-order valence-electron chi connectivity index (χ2n) is 7.32. The molecule has 2 aliphatic heterocycles. The Bertz CT molecular complexity index is 986. The van der Waals surface area contributed by atoms with E-state index in [9.17, 15) is 21.6 Å². The van der Waals surface area contributed by atoms with Crippen LogP contribution in [0.2, 0.25) is 0 Å². The predicted molar refractivity (Wildman–Crippen MR) is 104 cm³/mol. The van der Waals surface area contributed by atoms with E-state index in [1.54, 1.807) is 18.2 Å². The zero-order chi connectivity index (χ0) is 20.6. The van der Waals surface area contributed by atoms with Crippen LogP contribution in [0.25, 0.3) is 0 Å². The van der Waals surface area contributed by atoms with Gasteiger partial charge < -0.3 is 4.90 Å². The Morgan fingerprint density at radius 3 is 2.31 bits per heavy atom. The average Bonchev–Trinajstić information content (AvgIpc) is 2.96. The minimum atomic E-state index is -4.35. The first-order chi connectivity index (χ1) is 13.7. The molecule has 2 aromatic carbocycles. The molecule has 0 N–H and O–H groups in total. The molecule has 2 aliphatic rings. The van der Waals surface area contributed by atoms with Crippen LogP contribution in [-0.2, 0) is 22.7 Å². The molecule has 0 unspecified atom stereocenters. The normalized spacial score (nSPS) is 20.0. The third-order valence-corrected chi connectivity index (χ3v) is 7.46. The molecule has 1 fully saturated rings. The summed E-state index contributed by atoms with van der Waals surface area (Å²) in [6.07, 6.45) is -4.35. The third kappa shape index (κ3) is 4.12. The minimum absolute atomic E-state index is 0.384. The number of alkyl halides is 3. The highest BCUT2D eigenvalue weighted by Crippen LogP contribution is 2.32. The van der Waals surface area contributed by atoms with E-state index in [4.69, 9.17) is 0 Å². The number of benzene rings is 2. The third-order valence-electron chi connectivity index (χ3n) is 5.51. The van der Waals surface area contributed by atoms with Gasteiger partial charge in [-0.15, -0.1) is 0 Å². The molecule has 29 heavy (non-hydrogen) atoms. The van der Waals surface area contributed by atoms with Crippen LogP contribution in [-0.4, -0.2) is 56.9 Å². The molecule has 0 radical (unpaired) electrons. The smallest absolute Gasteiger partial charge is 0.369 e. The minimum Gasteiger partial charge on any atom is -0.369 e. The summed E-state index contributed by atoms with van der Waals surface area (Å²) < 4.78 is 65.5. The maximum absolute atomic E-state index is 12.9. The number of hydrogen-bond donors (Lipinski definition) is 0. The average molecular weight is 425 g/mol. The van der Waals surface area contributed by atoms with Gasteiger partial charge >= 0.3 is 6.18 Å². The number of nitrogens with zero attached hydrogens (tertiary/aromatic N) is 3. The SMILES string of the molecule is O=S1(=O)c2ccccc2CN1CCN1CCN(c2cccc(C(F)(F)F)c2)CC1. The Kier molecular flexibility index (Phi) is 5.30. The zero-order valence-corrected chi connectivity index (χ0v) is 16.6. The number of rotatable bonds is 4. The molecule has 5 nitrogen and oxygen atoms in total. The van der Waals surface area contributed by atoms with Crippen molar-refractivity contribution in [2.75, 3.05) is 44.2 Å². The first-order valence-corrected chi connectivity index (χ1v) is 10.9. The molecule has 9 heteroatoms. The van der Waals surface area contributed by atoms with Crippen molar-refractivity contribution in [2.45, 2.75) is 17.6 Å². The fraction of sp³-hybridized carbons (Fsp3) is 0.400. The summed E-state index contributed by atoms with van der Waals surface area (Å²) in [5.41, 5.74) is 0.746. The zero-order valence-electron chi connectivity index (χ0n) is 15.8. The van der Waals surface area contributed by atoms with Gasteiger partial charge in [0.1, 0.15) is 0 Å². The Hall–Kier alpha value is -2.10. The Labute approximate surface area is 168 Å². The first-order valence-electron chi connectivity index (χ1n) is 9.48. The maximum atomic E-state index is 12.9. The van der Waals surface area contributed by atoms with Crippen LogP contribution in [0, 0.1) is 0 Å². The highest BCUT2D eigenvalue weighted by atomic mass is 32.2. The lowest BCUT2D eigenvalue weighted by molar-refractivity contribution is -0.137. The Morgan fingerprint density at radius 2 is 1.62 bits per heavy atom. The van der Waals surface area contributed by atoms with Gasteiger partial charge in [-0.05, 0) is 29.8 Å². The van der Waals surface area contributed by atoms with Crippen molar-refractivity contribution in [2.24, 2.45) is 0 Å². The molecule has 0 atom stereocenters. The van der Waals surface area contributed by atoms with E-state index in [0.29, 0.717) is 56.4 Å². The fourth-order valence-corrected chi connectivity index (χ4v) is 5.48. The number of piperazine rings is 1. The summed E-state index contributed by atoms with van der Waals surface area (Å²) >= 11 is 0. The predicted octanol–water partition coefficient (Wildman–Crippen LogP) is 3.03. The number of hydrogen-bond acceptors (Lipinski definition) is 4. The quantitative estimate of drug-likeness (QED) is 0.756. The molecule has 156 valence electrons. The second kappa shape index (κ2) is 7.62. The van der Waals surface area contributed by atoms with E-state index in [0.717, 1.165) is 11.6 Å². The van der Waals surface area contributed by atoms with Crippen molar-refractivity contribution >= 4 is 15.7 Å². The van der Waals surface area contributed by atoms with Crippen molar-refractivity contribution in [3.63, 3.8) is 0 Å². The Morgan fingerprint density at radius 1 is 0.897 bits per heavy atom. The van der Waals surface area contributed by atoms with Crippen LogP contribution < -0.4 is 4.90 Å². The van der Waals surface area contributed by atoms with Gasteiger partial charge in [-0.1, -0.05) is 24.3 Å². The van der Waals surface area contributed by atoms with E-state index in [1.165, 1.54) is 16.4 Å². The molecule has 0 saturated carbocycles. The van der Waals surface area contributed by atoms with Crippen LogP contribution in [0.15, 0.2) is 53.4 Å². The maximum Gasteiger partial charge on any atom is 0.416 e. The van der Waals surface area contributed by atoms with Crippen LogP contribution >= 0.6 is 0 Å². The topological polar surface area (TPSA) is 43.9 Å². The Balaban J connectivity index is 1.32. The number of anilines is 1. The van der Waals surface area contributed by atoms with E-state index in [2.05, 4.69) is 4.90 Å². The summed E-state index contributed by atoms with van der Waals surface area (Å²) in [4.78, 5) is 4.48. The fourth-order valence-electron chi connectivity index (χ4n) is 3.86. The molecule has 2 aromatic rings. The molecule has 2 heterocycles. The van der Waals surface area contributed by atoms with Crippen molar-refractivity contribution < 1.29 is 21.6 Å². The highest BCUT2D eigenvalue weighted by molar-refractivity contribution is 7.89. The van der Waals surface area contributed by atoms with Crippen molar-refractivity contribution in [1.82, 2.24) is 9.21 Å². The molecule has 1 saturated heterocycles. The van der Waals surface area contributed by atoms with E-state index >= 15 is 0 Å². The van der Waals surface area contributed by atoms with Gasteiger partial charge in [0.05, 0.1) is 10.5 Å². The number of fused-ring (bicyclic) bond motifs is 1. The molecule has 0 aliphatic carbocycles. The monoisotopic (exact) mass is 425 g/mol. The number of halogens is 3. The van der Waals surface area contributed by atoms with Gasteiger partial charge in [-0.2, -0.15) is 17.5 Å². The van der Waals surface area contributed by atoms with E-state index in [-0.39, 0.29) is 0 Å². The van der Waals surface area contributed by atoms with Crippen molar-refractivity contribution in [3.8, 4) is 0 Å². The molecular weight excluding hydrogens is 403 g/mol. The highest BCUT2D eigenvalue weighted by Gasteiger charge is 2.34. The van der Waals surface area contributed by atoms with E-state index < -0.39 is 21.8 Å². The summed E-state index contributed by atoms with van der Waals surface area (Å²) in [7, 11) is -3.43. The second-order valence-corrected chi connectivity index (χ2v) is 9.23. The lowest BCUT2D eigenvalue weighted by Crippen LogP contribution is -2.48. The standard InChI is InChI=1S/C20H22F3N3O2S/c21-20(22,23)17-5-3-6-18(14-17)25-11-8-24(9-12-25)10-13-26-15-16-4-1-2-7-19(16)29(26,27)28/h1-7,14H,8-13,15H2. The summed E-state index contributed by atoms with van der Waals surface area (Å²) in [6.45, 7) is 3.96. The molecule has 4 rings (SSSR count). The molecule has 0 aromatic heterocycles. The van der Waals surface area contributed by atoms with Gasteiger partial charge in [-0.3, -0.25) is 4.90 Å². The summed E-state index contributed by atoms with van der Waals surface area (Å²) in [6, 6.07) is 12.4. The summed E-state index contributed by atoms with van der Waals surface area (Å²) in [5.74, 6) is 0. The molecular formula is C20H22F3N3O2S. The van der Waals surface area contributed by atoms with Crippen LogP contribution in [0.5, 0.6) is 0 Å². The largest absolute Gasteiger partial charge is 0.416 e. The molecule has 0 amide bonds. The van der Waals surface area contributed by atoms with Gasteiger partial charge in [0.15, 0.2) is 0 Å². The lowest BCUT2D eigenvalue weighted by Gasteiger charge is -2.36. The van der Waals surface area contributed by atoms with Crippen LogP contribution in [0.3, 0.4) is 0 Å². The molecule has 0 bridgehead atoms. The van der Waals surface area contributed by atoms with Gasteiger partial charge in [0.2, 0.25) is 10.0 Å². The van der Waals surface area contributed by atoms with Gasteiger partial charge in [0, 0.05) is 51.5 Å². The van der Waals surface area contributed by atoms with E-state index in [1.807, 2.05) is 17.0 Å². The van der Waals surface area contributed by atoms with Crippen molar-refractivity contribution in [1.29, 1.82) is 0 Å². The van der Waals surface area contributed by atoms with Crippen molar-refractivity contribution in [3.05, 3.63) is 59.7 Å². The van der Waals surface area contributed by atoms with Gasteiger partial charge in [-0.25, -0.2) is 8.42 Å². The van der Waals surface area contributed by atoms with Gasteiger partial charge in [0.25, 0.3) is 0 Å². The number of sulfonamides is 1. The lowest BCUT2D eigenvalue weighted by atomic mass is 10.1. The van der Waals surface area contributed by atoms with Crippen LogP contribution in [0.4, 0.5) is 18.9 Å².